The first-order chi connectivity index (χ1) is 9.34. The number of rotatable bonds is 3. The number of nitrogens with one attached hydrogen (secondary N) is 1. The van der Waals surface area contributed by atoms with Crippen LogP contribution < -0.4 is 5.32 Å². The number of phenolic OH excluding ortho intramolecular Hbond substituents is 1. The Kier molecular flexibility index (Phi) is 3.58. The lowest BCUT2D eigenvalue weighted by atomic mass is 9.89. The van der Waals surface area contributed by atoms with E-state index in [0.717, 1.165) is 28.9 Å². The van der Waals surface area contributed by atoms with Crippen LogP contribution in [-0.4, -0.2) is 11.7 Å². The molecule has 1 fully saturated rings. The molecule has 1 saturated carbocycles. The van der Waals surface area contributed by atoms with Crippen LogP contribution in [0.2, 0.25) is 0 Å². The smallest absolute Gasteiger partial charge is 0.123 e. The number of phenols is 1. The summed E-state index contributed by atoms with van der Waals surface area (Å²) in [6.45, 7) is 1.05. The minimum absolute atomic E-state index is 0.360. The minimum Gasteiger partial charge on any atom is -0.507 e. The van der Waals surface area contributed by atoms with Crippen molar-refractivity contribution in [2.24, 2.45) is 5.92 Å². The molecule has 0 aliphatic heterocycles. The lowest BCUT2D eigenvalue weighted by molar-refractivity contribution is 0.373. The van der Waals surface area contributed by atoms with E-state index < -0.39 is 0 Å². The second-order valence-corrected chi connectivity index (χ2v) is 5.56. The van der Waals surface area contributed by atoms with Crippen LogP contribution in [-0.2, 0) is 0 Å². The van der Waals surface area contributed by atoms with Gasteiger partial charge in [-0.3, -0.25) is 0 Å². The lowest BCUT2D eigenvalue weighted by Gasteiger charge is -2.22. The first-order valence-electron chi connectivity index (χ1n) is 7.29. The van der Waals surface area contributed by atoms with E-state index in [1.54, 1.807) is 6.07 Å². The summed E-state index contributed by atoms with van der Waals surface area (Å²) in [6, 6.07) is 11.8. The summed E-state index contributed by atoms with van der Waals surface area (Å²) in [4.78, 5) is 0. The summed E-state index contributed by atoms with van der Waals surface area (Å²) in [5.74, 6) is 1.17. The van der Waals surface area contributed by atoms with Gasteiger partial charge in [0.1, 0.15) is 5.75 Å². The van der Waals surface area contributed by atoms with Gasteiger partial charge >= 0.3 is 0 Å². The lowest BCUT2D eigenvalue weighted by Crippen LogP contribution is -2.17. The van der Waals surface area contributed by atoms with E-state index in [1.165, 1.54) is 32.1 Å². The van der Waals surface area contributed by atoms with Gasteiger partial charge in [-0.25, -0.2) is 0 Å². The Balaban J connectivity index is 1.79. The third-order valence-corrected chi connectivity index (χ3v) is 4.20. The fraction of sp³-hybridized carbons (Fsp3) is 0.412. The van der Waals surface area contributed by atoms with E-state index in [1.807, 2.05) is 18.2 Å². The highest BCUT2D eigenvalue weighted by Gasteiger charge is 2.13. The van der Waals surface area contributed by atoms with Crippen LogP contribution in [0.1, 0.15) is 32.1 Å². The van der Waals surface area contributed by atoms with E-state index in [0.29, 0.717) is 5.75 Å². The number of hydrogen-bond acceptors (Lipinski definition) is 2. The van der Waals surface area contributed by atoms with Crippen molar-refractivity contribution in [3.05, 3.63) is 36.4 Å². The molecule has 0 heterocycles. The average Bonchev–Trinajstić information content (AvgIpc) is 2.47. The molecule has 0 saturated heterocycles. The summed E-state index contributed by atoms with van der Waals surface area (Å²) in [5, 5.41) is 15.5. The molecule has 0 bridgehead atoms. The zero-order valence-corrected chi connectivity index (χ0v) is 11.2. The fourth-order valence-corrected chi connectivity index (χ4v) is 3.09. The predicted molar refractivity (Wildman–Crippen MR) is 80.7 cm³/mol. The van der Waals surface area contributed by atoms with Gasteiger partial charge in [-0.2, -0.15) is 0 Å². The highest BCUT2D eigenvalue weighted by atomic mass is 16.3. The fourth-order valence-electron chi connectivity index (χ4n) is 3.09. The molecular formula is C17H21NO. The molecule has 0 aromatic heterocycles. The first kappa shape index (κ1) is 12.3. The third-order valence-electron chi connectivity index (χ3n) is 4.20. The average molecular weight is 255 g/mol. The van der Waals surface area contributed by atoms with Crippen molar-refractivity contribution in [1.29, 1.82) is 0 Å². The molecular weight excluding hydrogens is 234 g/mol. The van der Waals surface area contributed by atoms with Gasteiger partial charge in [-0.05, 0) is 30.9 Å². The summed E-state index contributed by atoms with van der Waals surface area (Å²) in [6.07, 6.45) is 6.86. The number of anilines is 1. The molecule has 2 nitrogen and oxygen atoms in total. The van der Waals surface area contributed by atoms with Crippen LogP contribution in [0.5, 0.6) is 5.75 Å². The number of fused-ring (bicyclic) bond motifs is 1. The summed E-state index contributed by atoms with van der Waals surface area (Å²) in [7, 11) is 0. The van der Waals surface area contributed by atoms with Gasteiger partial charge in [0.05, 0.1) is 0 Å². The second-order valence-electron chi connectivity index (χ2n) is 5.56. The van der Waals surface area contributed by atoms with Crippen molar-refractivity contribution in [2.75, 3.05) is 11.9 Å². The Morgan fingerprint density at radius 2 is 1.68 bits per heavy atom. The SMILES string of the molecule is Oc1cccc2c(NCC3CCCCC3)cccc12. The topological polar surface area (TPSA) is 32.3 Å². The third kappa shape index (κ3) is 2.67. The van der Waals surface area contributed by atoms with Crippen LogP contribution in [0.25, 0.3) is 10.8 Å². The van der Waals surface area contributed by atoms with E-state index in [9.17, 15) is 5.11 Å². The molecule has 2 heteroatoms. The molecule has 0 spiro atoms. The van der Waals surface area contributed by atoms with Crippen molar-refractivity contribution >= 4 is 16.5 Å². The maximum atomic E-state index is 9.88. The van der Waals surface area contributed by atoms with E-state index in [4.69, 9.17) is 0 Å². The van der Waals surface area contributed by atoms with Gasteiger partial charge in [-0.15, -0.1) is 0 Å². The maximum absolute atomic E-state index is 9.88. The standard InChI is InChI=1S/C17H21NO/c19-17-11-5-8-14-15(17)9-4-10-16(14)18-12-13-6-2-1-3-7-13/h4-5,8-11,13,18-19H,1-3,6-7,12H2. The van der Waals surface area contributed by atoms with Gasteiger partial charge in [0, 0.05) is 23.0 Å². The van der Waals surface area contributed by atoms with E-state index in [2.05, 4.69) is 17.4 Å². The first-order valence-corrected chi connectivity index (χ1v) is 7.29. The van der Waals surface area contributed by atoms with E-state index >= 15 is 0 Å². The van der Waals surface area contributed by atoms with Crippen LogP contribution in [0.15, 0.2) is 36.4 Å². The molecule has 19 heavy (non-hydrogen) atoms. The molecule has 0 unspecified atom stereocenters. The predicted octanol–water partition coefficient (Wildman–Crippen LogP) is 4.54. The zero-order valence-electron chi connectivity index (χ0n) is 11.2. The van der Waals surface area contributed by atoms with Gasteiger partial charge in [0.15, 0.2) is 0 Å². The molecule has 2 aromatic rings. The van der Waals surface area contributed by atoms with Gasteiger partial charge < -0.3 is 10.4 Å². The van der Waals surface area contributed by atoms with Crippen molar-refractivity contribution in [3.8, 4) is 5.75 Å². The molecule has 3 rings (SSSR count). The number of aromatic hydroxyl groups is 1. The molecule has 1 aliphatic rings. The van der Waals surface area contributed by atoms with Gasteiger partial charge in [-0.1, -0.05) is 43.5 Å². The summed E-state index contributed by atoms with van der Waals surface area (Å²) < 4.78 is 0. The zero-order chi connectivity index (χ0) is 13.1. The van der Waals surface area contributed by atoms with Crippen molar-refractivity contribution in [3.63, 3.8) is 0 Å². The molecule has 2 N–H and O–H groups in total. The molecule has 2 aromatic carbocycles. The Morgan fingerprint density at radius 3 is 2.53 bits per heavy atom. The second kappa shape index (κ2) is 5.52. The van der Waals surface area contributed by atoms with Crippen LogP contribution in [0.4, 0.5) is 5.69 Å². The van der Waals surface area contributed by atoms with E-state index in [-0.39, 0.29) is 0 Å². The van der Waals surface area contributed by atoms with Crippen molar-refractivity contribution < 1.29 is 5.11 Å². The summed E-state index contributed by atoms with van der Waals surface area (Å²) >= 11 is 0. The van der Waals surface area contributed by atoms with Crippen LogP contribution in [0, 0.1) is 5.92 Å². The number of benzene rings is 2. The molecule has 1 aliphatic carbocycles. The van der Waals surface area contributed by atoms with Crippen molar-refractivity contribution in [2.45, 2.75) is 32.1 Å². The highest BCUT2D eigenvalue weighted by molar-refractivity contribution is 5.97. The van der Waals surface area contributed by atoms with Crippen molar-refractivity contribution in [1.82, 2.24) is 0 Å². The van der Waals surface area contributed by atoms with Crippen LogP contribution in [0.3, 0.4) is 0 Å². The molecule has 100 valence electrons. The molecule has 0 atom stereocenters. The maximum Gasteiger partial charge on any atom is 0.123 e. The van der Waals surface area contributed by atoms with Crippen LogP contribution >= 0.6 is 0 Å². The normalized spacial score (nSPS) is 16.6. The quantitative estimate of drug-likeness (QED) is 0.844. The van der Waals surface area contributed by atoms with Gasteiger partial charge in [0.2, 0.25) is 0 Å². The highest BCUT2D eigenvalue weighted by Crippen LogP contribution is 2.30. The largest absolute Gasteiger partial charge is 0.507 e. The monoisotopic (exact) mass is 255 g/mol. The molecule has 0 radical (unpaired) electrons. The Hall–Kier alpha value is -1.70. The minimum atomic E-state index is 0.360. The summed E-state index contributed by atoms with van der Waals surface area (Å²) in [5.41, 5.74) is 1.14. The Morgan fingerprint density at radius 1 is 0.947 bits per heavy atom. The van der Waals surface area contributed by atoms with Gasteiger partial charge in [0.25, 0.3) is 0 Å². The Labute approximate surface area is 114 Å². The Bertz CT molecular complexity index is 558. The molecule has 0 amide bonds. The number of hydrogen-bond donors (Lipinski definition) is 2.